The van der Waals surface area contributed by atoms with Gasteiger partial charge < -0.3 is 0 Å². The van der Waals surface area contributed by atoms with Crippen molar-refractivity contribution in [2.75, 3.05) is 0 Å². The second-order valence-corrected chi connectivity index (χ2v) is 13.2. The molecule has 2 aromatic carbocycles. The van der Waals surface area contributed by atoms with Crippen molar-refractivity contribution < 1.29 is 0 Å². The minimum atomic E-state index is 0.211. The van der Waals surface area contributed by atoms with E-state index in [1.54, 1.807) is 11.1 Å². The molecule has 6 rings (SSSR count). The van der Waals surface area contributed by atoms with Crippen LogP contribution in [0.4, 0.5) is 0 Å². The topological polar surface area (TPSA) is 0 Å². The van der Waals surface area contributed by atoms with Crippen LogP contribution in [0.3, 0.4) is 0 Å². The lowest BCUT2D eigenvalue weighted by atomic mass is 9.72. The fourth-order valence-electron chi connectivity index (χ4n) is 7.56. The van der Waals surface area contributed by atoms with E-state index < -0.39 is 0 Å². The molecule has 0 radical (unpaired) electrons. The summed E-state index contributed by atoms with van der Waals surface area (Å²) in [4.78, 5) is 0. The van der Waals surface area contributed by atoms with E-state index in [0.717, 1.165) is 11.8 Å². The van der Waals surface area contributed by atoms with Gasteiger partial charge in [-0.15, -0.1) is 5.73 Å². The summed E-state index contributed by atoms with van der Waals surface area (Å²) < 4.78 is 0. The first-order chi connectivity index (χ1) is 17.3. The molecule has 36 heavy (non-hydrogen) atoms. The van der Waals surface area contributed by atoms with Gasteiger partial charge in [0, 0.05) is 17.4 Å². The number of hydrogen-bond donors (Lipinski definition) is 0. The van der Waals surface area contributed by atoms with Gasteiger partial charge in [-0.05, 0) is 114 Å². The lowest BCUT2D eigenvalue weighted by Crippen LogP contribution is -2.21. The first-order valence-corrected chi connectivity index (χ1v) is 14.3. The number of allylic oxidation sites excluding steroid dienone is 3. The van der Waals surface area contributed by atoms with Crippen LogP contribution < -0.4 is 0 Å². The van der Waals surface area contributed by atoms with Crippen molar-refractivity contribution in [3.8, 4) is 0 Å². The molecule has 0 amide bonds. The fraction of sp³-hybridized carbons (Fsp3) is 0.472. The third kappa shape index (κ3) is 4.50. The summed E-state index contributed by atoms with van der Waals surface area (Å²) in [7, 11) is 0. The van der Waals surface area contributed by atoms with Crippen LogP contribution in [0.1, 0.15) is 105 Å². The molecule has 0 saturated heterocycles. The Hall–Kier alpha value is -2.56. The van der Waals surface area contributed by atoms with Gasteiger partial charge in [0.2, 0.25) is 0 Å². The van der Waals surface area contributed by atoms with Crippen molar-refractivity contribution >= 4 is 0 Å². The molecule has 0 bridgehead atoms. The van der Waals surface area contributed by atoms with Crippen molar-refractivity contribution in [1.29, 1.82) is 0 Å². The van der Waals surface area contributed by atoms with Crippen LogP contribution in [0.15, 0.2) is 84.1 Å². The number of hydrogen-bond acceptors (Lipinski definition) is 0. The third-order valence-electron chi connectivity index (χ3n) is 9.95. The maximum atomic E-state index is 4.59. The summed E-state index contributed by atoms with van der Waals surface area (Å²) in [6.45, 7) is 15.8. The van der Waals surface area contributed by atoms with Crippen LogP contribution in [-0.2, 0) is 11.8 Å². The molecule has 0 heteroatoms. The maximum absolute atomic E-state index is 4.59. The quantitative estimate of drug-likeness (QED) is 0.299. The summed E-state index contributed by atoms with van der Waals surface area (Å²) >= 11 is 0. The lowest BCUT2D eigenvalue weighted by molar-refractivity contribution is 0.223. The maximum Gasteiger partial charge on any atom is 0.0271 e. The number of aryl methyl sites for hydroxylation is 1. The van der Waals surface area contributed by atoms with E-state index in [2.05, 4.69) is 88.2 Å². The average Bonchev–Trinajstić information content (AvgIpc) is 3.53. The predicted molar refractivity (Wildman–Crippen MR) is 153 cm³/mol. The summed E-state index contributed by atoms with van der Waals surface area (Å²) in [6, 6.07) is 16.9. The minimum absolute atomic E-state index is 0.211. The van der Waals surface area contributed by atoms with E-state index in [0.29, 0.717) is 17.8 Å². The van der Waals surface area contributed by atoms with Crippen LogP contribution >= 0.6 is 0 Å². The van der Waals surface area contributed by atoms with Gasteiger partial charge in [-0.3, -0.25) is 0 Å². The molecule has 2 saturated carbocycles. The SMILES string of the molecule is C=C(C1=C=C1)C1CCC([C@@H]2CC(=C)C(c3ccc4c(c3)CCC4c3ccc(C(C)(C)C)cc3)C2)CC1. The summed E-state index contributed by atoms with van der Waals surface area (Å²) in [6.07, 6.45) is 12.4. The van der Waals surface area contributed by atoms with Crippen molar-refractivity contribution in [1.82, 2.24) is 0 Å². The second kappa shape index (κ2) is 9.08. The number of benzene rings is 2. The second-order valence-electron chi connectivity index (χ2n) is 13.2. The van der Waals surface area contributed by atoms with E-state index in [1.165, 1.54) is 84.8 Å². The molecule has 2 aromatic rings. The zero-order valence-corrected chi connectivity index (χ0v) is 22.6. The van der Waals surface area contributed by atoms with Gasteiger partial charge in [0.1, 0.15) is 0 Å². The molecular formula is C36H42. The highest BCUT2D eigenvalue weighted by atomic mass is 14.4. The molecule has 0 heterocycles. The number of rotatable bonds is 5. The van der Waals surface area contributed by atoms with Gasteiger partial charge in [-0.25, -0.2) is 0 Å². The molecule has 0 aromatic heterocycles. The molecule has 2 unspecified atom stereocenters. The van der Waals surface area contributed by atoms with Gasteiger partial charge in [-0.2, -0.15) is 0 Å². The Kier molecular flexibility index (Phi) is 6.00. The molecule has 4 aliphatic carbocycles. The highest BCUT2D eigenvalue weighted by molar-refractivity contribution is 5.49. The Labute approximate surface area is 218 Å². The first kappa shape index (κ1) is 23.8. The smallest absolute Gasteiger partial charge is 0.0271 e. The highest BCUT2D eigenvalue weighted by Crippen LogP contribution is 2.50. The Morgan fingerprint density at radius 3 is 2.22 bits per heavy atom. The molecule has 0 nitrogen and oxygen atoms in total. The Morgan fingerprint density at radius 2 is 1.56 bits per heavy atom. The largest absolute Gasteiger partial charge is 0.111 e. The lowest BCUT2D eigenvalue weighted by Gasteiger charge is -2.32. The van der Waals surface area contributed by atoms with Crippen LogP contribution in [0.5, 0.6) is 0 Å². The van der Waals surface area contributed by atoms with Crippen molar-refractivity contribution in [2.45, 2.75) is 89.4 Å². The van der Waals surface area contributed by atoms with Crippen LogP contribution in [0.25, 0.3) is 0 Å². The fourth-order valence-corrected chi connectivity index (χ4v) is 7.56. The average molecular weight is 475 g/mol. The zero-order valence-electron chi connectivity index (χ0n) is 22.6. The Bertz CT molecular complexity index is 1250. The number of fused-ring (bicyclic) bond motifs is 1. The first-order valence-electron chi connectivity index (χ1n) is 14.3. The van der Waals surface area contributed by atoms with Crippen LogP contribution in [-0.4, -0.2) is 0 Å². The minimum Gasteiger partial charge on any atom is -0.111 e. The van der Waals surface area contributed by atoms with Gasteiger partial charge in [0.25, 0.3) is 0 Å². The zero-order chi connectivity index (χ0) is 25.0. The Balaban J connectivity index is 1.12. The van der Waals surface area contributed by atoms with Crippen molar-refractivity contribution in [2.24, 2.45) is 17.8 Å². The van der Waals surface area contributed by atoms with E-state index in [4.69, 9.17) is 0 Å². The summed E-state index contributed by atoms with van der Waals surface area (Å²) in [5.41, 5.74) is 15.1. The third-order valence-corrected chi connectivity index (χ3v) is 9.95. The monoisotopic (exact) mass is 474 g/mol. The van der Waals surface area contributed by atoms with Crippen molar-refractivity contribution in [3.63, 3.8) is 0 Å². The van der Waals surface area contributed by atoms with E-state index >= 15 is 0 Å². The predicted octanol–water partition coefficient (Wildman–Crippen LogP) is 9.57. The molecular weight excluding hydrogens is 432 g/mol. The highest BCUT2D eigenvalue weighted by Gasteiger charge is 2.37. The summed E-state index contributed by atoms with van der Waals surface area (Å²) in [5.74, 6) is 3.48. The van der Waals surface area contributed by atoms with Crippen LogP contribution in [0, 0.1) is 17.8 Å². The molecule has 186 valence electrons. The Morgan fingerprint density at radius 1 is 0.861 bits per heavy atom. The molecule has 0 N–H and O–H groups in total. The van der Waals surface area contributed by atoms with E-state index in [9.17, 15) is 0 Å². The summed E-state index contributed by atoms with van der Waals surface area (Å²) in [5, 5.41) is 0. The van der Waals surface area contributed by atoms with E-state index in [-0.39, 0.29) is 5.41 Å². The van der Waals surface area contributed by atoms with Gasteiger partial charge in [0.05, 0.1) is 0 Å². The molecule has 4 aliphatic rings. The molecule has 0 aliphatic heterocycles. The molecule has 0 spiro atoms. The van der Waals surface area contributed by atoms with Gasteiger partial charge in [-0.1, -0.05) is 82.0 Å². The van der Waals surface area contributed by atoms with Gasteiger partial charge in [0.15, 0.2) is 0 Å². The standard InChI is InChI=1S/C36H42/c1-23-20-31(27-10-8-26(9-11-27)24(2)25-6-7-25)22-35(23)30-15-19-34-29(21-30)14-18-33(34)28-12-16-32(17-13-28)36(3,4)5/h6,12-13,15-17,19,21,26-27,31,33,35H,1-2,8-11,14,18,20,22H2,3-5H3/t26?,27?,31-,33?,35?/m1/s1. The van der Waals surface area contributed by atoms with Gasteiger partial charge >= 0.3 is 0 Å². The van der Waals surface area contributed by atoms with Crippen molar-refractivity contribution in [3.05, 3.63) is 112 Å². The van der Waals surface area contributed by atoms with Crippen LogP contribution in [0.2, 0.25) is 0 Å². The molecule has 2 fully saturated rings. The normalized spacial score (nSPS) is 29.2. The molecule has 3 atom stereocenters. The van der Waals surface area contributed by atoms with E-state index in [1.807, 2.05) is 0 Å².